The van der Waals surface area contributed by atoms with Crippen LogP contribution in [0.4, 0.5) is 39.9 Å². The summed E-state index contributed by atoms with van der Waals surface area (Å²) in [7, 11) is 0. The number of carbonyl (C=O) groups is 2. The van der Waals surface area contributed by atoms with Crippen molar-refractivity contribution in [2.45, 2.75) is 76.0 Å². The van der Waals surface area contributed by atoms with Gasteiger partial charge >= 0.3 is 24.3 Å². The number of halogens is 8. The largest absolute Gasteiger partial charge is 0.471 e. The molecule has 2 N–H and O–H groups in total. The Bertz CT molecular complexity index is 1270. The van der Waals surface area contributed by atoms with E-state index < -0.39 is 73.6 Å². The molecule has 1 saturated heterocycles. The van der Waals surface area contributed by atoms with Gasteiger partial charge in [0.25, 0.3) is 5.92 Å². The molecule has 41 heavy (non-hydrogen) atoms. The number of hydrogen-bond donors (Lipinski definition) is 2. The van der Waals surface area contributed by atoms with Crippen LogP contribution < -0.4 is 10.6 Å². The number of imidazole rings is 1. The quantitative estimate of drug-likeness (QED) is 0.386. The highest BCUT2D eigenvalue weighted by Crippen LogP contribution is 2.42. The Hall–Kier alpha value is -3.24. The van der Waals surface area contributed by atoms with Crippen LogP contribution in [-0.2, 0) is 9.53 Å². The van der Waals surface area contributed by atoms with E-state index in [-0.39, 0.29) is 29.6 Å². The molecule has 2 atom stereocenters. The zero-order valence-electron chi connectivity index (χ0n) is 22.0. The standard InChI is InChI=1S/C24H28F8N6O3/c1-21(2,24(30,31)32)6-5-15(36-19(39)23(27,28)29)16-9-38-18(35-16)7-13(8-34-38)17(10-41-14-3-4-14)37-12-22(25,26)11-33-20(37)40/h7-9,14-15,17H,3-6,10-12H2,1-2H3,(H,33,40)(H,36,39)/t15?,17-/m1/s1. The summed E-state index contributed by atoms with van der Waals surface area (Å²) in [6, 6.07) is -1.98. The summed E-state index contributed by atoms with van der Waals surface area (Å²) in [5.74, 6) is -5.58. The fourth-order valence-electron chi connectivity index (χ4n) is 4.20. The highest BCUT2D eigenvalue weighted by atomic mass is 19.4. The van der Waals surface area contributed by atoms with Crippen molar-refractivity contribution in [3.05, 3.63) is 29.7 Å². The Kier molecular flexibility index (Phi) is 8.14. The van der Waals surface area contributed by atoms with Gasteiger partial charge in [-0.1, -0.05) is 13.8 Å². The molecule has 228 valence electrons. The number of alkyl halides is 8. The molecule has 1 aliphatic carbocycles. The molecule has 0 radical (unpaired) electrons. The molecule has 1 aliphatic heterocycles. The van der Waals surface area contributed by atoms with E-state index in [0.29, 0.717) is 0 Å². The lowest BCUT2D eigenvalue weighted by molar-refractivity contribution is -0.214. The Morgan fingerprint density at radius 1 is 1.22 bits per heavy atom. The number of rotatable bonds is 10. The van der Waals surface area contributed by atoms with E-state index in [1.54, 1.807) is 5.32 Å². The van der Waals surface area contributed by atoms with Gasteiger partial charge in [0.05, 0.1) is 61.4 Å². The van der Waals surface area contributed by atoms with Crippen molar-refractivity contribution in [2.75, 3.05) is 19.7 Å². The summed E-state index contributed by atoms with van der Waals surface area (Å²) in [6.45, 7) is -0.108. The lowest BCUT2D eigenvalue weighted by Crippen LogP contribution is -2.58. The first-order valence-electron chi connectivity index (χ1n) is 12.7. The van der Waals surface area contributed by atoms with Crippen LogP contribution in [0.1, 0.15) is 62.9 Å². The fourth-order valence-corrected chi connectivity index (χ4v) is 4.20. The van der Waals surface area contributed by atoms with E-state index in [1.165, 1.54) is 12.3 Å². The molecule has 0 spiro atoms. The topological polar surface area (TPSA) is 101 Å². The minimum absolute atomic E-state index is 0.000519. The van der Waals surface area contributed by atoms with Crippen molar-refractivity contribution in [3.8, 4) is 0 Å². The molecule has 3 heterocycles. The number of carbonyl (C=O) groups excluding carboxylic acids is 2. The summed E-state index contributed by atoms with van der Waals surface area (Å²) >= 11 is 0. The third-order valence-electron chi connectivity index (χ3n) is 7.04. The van der Waals surface area contributed by atoms with E-state index in [9.17, 15) is 44.7 Å². The minimum atomic E-state index is -5.30. The van der Waals surface area contributed by atoms with E-state index in [0.717, 1.165) is 42.3 Å². The van der Waals surface area contributed by atoms with Crippen molar-refractivity contribution in [1.29, 1.82) is 0 Å². The van der Waals surface area contributed by atoms with Crippen LogP contribution in [0.2, 0.25) is 0 Å². The Balaban J connectivity index is 1.65. The van der Waals surface area contributed by atoms with Gasteiger partial charge in [0, 0.05) is 5.56 Å². The molecule has 0 bridgehead atoms. The Morgan fingerprint density at radius 3 is 2.51 bits per heavy atom. The summed E-state index contributed by atoms with van der Waals surface area (Å²) in [5, 5.41) is 7.95. The second-order valence-electron chi connectivity index (χ2n) is 10.9. The lowest BCUT2D eigenvalue weighted by Gasteiger charge is -2.38. The molecule has 2 fully saturated rings. The zero-order chi connectivity index (χ0) is 30.4. The summed E-state index contributed by atoms with van der Waals surface area (Å²) in [6.07, 6.45) is -7.27. The van der Waals surface area contributed by atoms with Crippen molar-refractivity contribution in [2.24, 2.45) is 5.41 Å². The van der Waals surface area contributed by atoms with Gasteiger partial charge in [-0.2, -0.15) is 31.4 Å². The first-order valence-corrected chi connectivity index (χ1v) is 12.7. The fraction of sp³-hybridized carbons (Fsp3) is 0.667. The molecule has 2 aromatic rings. The molecule has 1 saturated carbocycles. The van der Waals surface area contributed by atoms with Gasteiger partial charge in [0.2, 0.25) is 0 Å². The maximum absolute atomic E-state index is 14.2. The van der Waals surface area contributed by atoms with E-state index in [1.807, 2.05) is 0 Å². The van der Waals surface area contributed by atoms with Crippen LogP contribution in [0.25, 0.3) is 5.65 Å². The SMILES string of the molecule is CC(C)(CCC(NC(=O)C(F)(F)F)c1cn2ncc([C@@H](COC3CC3)N3CC(F)(F)CNC3=O)cc2n1)C(F)(F)F. The maximum atomic E-state index is 14.2. The Labute approximate surface area is 228 Å². The number of hydrogen-bond acceptors (Lipinski definition) is 5. The molecule has 4 rings (SSSR count). The van der Waals surface area contributed by atoms with Crippen LogP contribution in [0.15, 0.2) is 18.5 Å². The van der Waals surface area contributed by atoms with Gasteiger partial charge in [-0.25, -0.2) is 23.1 Å². The van der Waals surface area contributed by atoms with E-state index >= 15 is 0 Å². The molecular formula is C24H28F8N6O3. The van der Waals surface area contributed by atoms with Crippen LogP contribution >= 0.6 is 0 Å². The minimum Gasteiger partial charge on any atom is -0.376 e. The average Bonchev–Trinajstić information content (AvgIpc) is 3.58. The van der Waals surface area contributed by atoms with Crippen LogP contribution in [-0.4, -0.2) is 75.5 Å². The molecule has 2 aliphatic rings. The number of ether oxygens (including phenoxy) is 1. The third-order valence-corrected chi connectivity index (χ3v) is 7.04. The highest BCUT2D eigenvalue weighted by Gasteiger charge is 2.48. The maximum Gasteiger partial charge on any atom is 0.471 e. The first-order chi connectivity index (χ1) is 18.9. The van der Waals surface area contributed by atoms with Gasteiger partial charge in [-0.05, 0) is 31.7 Å². The summed E-state index contributed by atoms with van der Waals surface area (Å²) in [5.41, 5.74) is -2.24. The highest BCUT2D eigenvalue weighted by molar-refractivity contribution is 5.82. The second kappa shape index (κ2) is 10.9. The first kappa shape index (κ1) is 30.7. The van der Waals surface area contributed by atoms with Crippen LogP contribution in [0, 0.1) is 5.41 Å². The third kappa shape index (κ3) is 7.35. The normalized spacial score (nSPS) is 19.7. The van der Waals surface area contributed by atoms with Gasteiger partial charge in [-0.3, -0.25) is 4.79 Å². The van der Waals surface area contributed by atoms with E-state index in [4.69, 9.17) is 4.74 Å². The molecule has 1 unspecified atom stereocenters. The molecular weight excluding hydrogens is 572 g/mol. The zero-order valence-corrected chi connectivity index (χ0v) is 22.0. The monoisotopic (exact) mass is 600 g/mol. The number of urea groups is 1. The molecule has 0 aromatic carbocycles. The van der Waals surface area contributed by atoms with Gasteiger partial charge < -0.3 is 20.3 Å². The average molecular weight is 601 g/mol. The van der Waals surface area contributed by atoms with Crippen LogP contribution in [0.3, 0.4) is 0 Å². The molecule has 17 heteroatoms. The smallest absolute Gasteiger partial charge is 0.376 e. The Morgan fingerprint density at radius 2 is 1.90 bits per heavy atom. The van der Waals surface area contributed by atoms with Crippen molar-refractivity contribution >= 4 is 17.6 Å². The predicted molar refractivity (Wildman–Crippen MR) is 126 cm³/mol. The van der Waals surface area contributed by atoms with Gasteiger partial charge in [-0.15, -0.1) is 0 Å². The lowest BCUT2D eigenvalue weighted by atomic mass is 9.85. The number of nitrogens with zero attached hydrogens (tertiary/aromatic N) is 4. The summed E-state index contributed by atoms with van der Waals surface area (Å²) in [4.78, 5) is 29.3. The summed E-state index contributed by atoms with van der Waals surface area (Å²) < 4.78 is 114. The van der Waals surface area contributed by atoms with Gasteiger partial charge in [0.15, 0.2) is 5.65 Å². The molecule has 3 amide bonds. The van der Waals surface area contributed by atoms with Crippen molar-refractivity contribution in [1.82, 2.24) is 30.1 Å². The number of aromatic nitrogens is 3. The number of nitrogens with one attached hydrogen (secondary N) is 2. The van der Waals surface area contributed by atoms with E-state index in [2.05, 4.69) is 15.4 Å². The van der Waals surface area contributed by atoms with Gasteiger partial charge in [0.1, 0.15) is 0 Å². The second-order valence-corrected chi connectivity index (χ2v) is 10.9. The predicted octanol–water partition coefficient (Wildman–Crippen LogP) is 4.70. The van der Waals surface area contributed by atoms with Crippen LogP contribution in [0.5, 0.6) is 0 Å². The van der Waals surface area contributed by atoms with Crippen molar-refractivity contribution in [3.63, 3.8) is 0 Å². The molecule has 9 nitrogen and oxygen atoms in total. The number of fused-ring (bicyclic) bond motifs is 1. The van der Waals surface area contributed by atoms with Crippen molar-refractivity contribution < 1.29 is 49.4 Å². The molecule has 2 aromatic heterocycles. The number of amides is 3.